The molecule has 1 aliphatic heterocycles. The van der Waals surface area contributed by atoms with Crippen LogP contribution in [0.1, 0.15) is 29.6 Å². The van der Waals surface area contributed by atoms with Gasteiger partial charge in [-0.3, -0.25) is 9.59 Å². The van der Waals surface area contributed by atoms with Crippen LogP contribution in [-0.4, -0.2) is 23.0 Å². The molecule has 1 aromatic rings. The summed E-state index contributed by atoms with van der Waals surface area (Å²) in [4.78, 5) is 24.2. The van der Waals surface area contributed by atoms with Crippen LogP contribution in [-0.2, 0) is 4.79 Å². The number of carbonyl (C=O) groups excluding carboxylic acids is 1. The van der Waals surface area contributed by atoms with Gasteiger partial charge in [0.25, 0.3) is 0 Å². The van der Waals surface area contributed by atoms with Gasteiger partial charge < -0.3 is 9.84 Å². The lowest BCUT2D eigenvalue weighted by molar-refractivity contribution is -0.141. The highest BCUT2D eigenvalue weighted by atomic mass is 36.0. The van der Waals surface area contributed by atoms with E-state index in [1.54, 1.807) is 41.8 Å². The Morgan fingerprint density at radius 2 is 1.96 bits per heavy atom. The molecule has 24 heavy (non-hydrogen) atoms. The summed E-state index contributed by atoms with van der Waals surface area (Å²) >= 11 is 0. The van der Waals surface area contributed by atoms with E-state index in [0.29, 0.717) is 35.5 Å². The van der Waals surface area contributed by atoms with Crippen LogP contribution >= 0.6 is 29.8 Å². The van der Waals surface area contributed by atoms with Gasteiger partial charge in [-0.2, -0.15) is 0 Å². The number of hydrogen-bond donors (Lipinski definition) is 1. The van der Waals surface area contributed by atoms with Crippen LogP contribution in [0.3, 0.4) is 0 Å². The normalized spacial score (nSPS) is 26.0. The molecule has 0 amide bonds. The average Bonchev–Trinajstić information content (AvgIpc) is 3.13. The van der Waals surface area contributed by atoms with Gasteiger partial charge >= 0.3 is 5.97 Å². The zero-order chi connectivity index (χ0) is 17.3. The van der Waals surface area contributed by atoms with E-state index in [-0.39, 0.29) is 17.8 Å². The number of carboxylic acid groups (broad SMARTS) is 1. The van der Waals surface area contributed by atoms with E-state index in [1.807, 2.05) is 0 Å². The molecule has 1 aliphatic carbocycles. The summed E-state index contributed by atoms with van der Waals surface area (Å²) in [5.41, 5.74) is 0.393. The van der Waals surface area contributed by atoms with Gasteiger partial charge in [0.05, 0.1) is 22.5 Å². The number of carbonyl (C=O) groups is 2. The third-order valence-electron chi connectivity index (χ3n) is 4.17. The minimum Gasteiger partial charge on any atom is -0.490 e. The molecule has 1 fully saturated rings. The lowest BCUT2D eigenvalue weighted by atomic mass is 10.1. The minimum atomic E-state index is -2.26. The molecular weight excluding hydrogens is 371 g/mol. The predicted octanol–water partition coefficient (Wildman–Crippen LogP) is 5.02. The number of aliphatic carboxylic acids is 1. The van der Waals surface area contributed by atoms with Crippen LogP contribution in [0.5, 0.6) is 5.75 Å². The molecule has 2 atom stereocenters. The van der Waals surface area contributed by atoms with E-state index in [9.17, 15) is 9.59 Å². The Morgan fingerprint density at radius 3 is 2.58 bits per heavy atom. The molecule has 4 nitrogen and oxygen atoms in total. The van der Waals surface area contributed by atoms with Gasteiger partial charge in [0.1, 0.15) is 5.75 Å². The molecule has 128 valence electrons. The number of Topliss-reactive ketones (excluding diaryl/α,β-unsaturated/α-hetero) is 1. The van der Waals surface area contributed by atoms with Crippen molar-refractivity contribution in [3.8, 4) is 5.75 Å². The average molecular weight is 387 g/mol. The number of ether oxygens (including phenoxy) is 1. The largest absolute Gasteiger partial charge is 0.490 e. The third-order valence-corrected chi connectivity index (χ3v) is 7.19. The maximum atomic E-state index is 12.8. The van der Waals surface area contributed by atoms with Crippen molar-refractivity contribution in [2.24, 2.45) is 5.92 Å². The maximum absolute atomic E-state index is 12.8. The van der Waals surface area contributed by atoms with Crippen molar-refractivity contribution in [3.63, 3.8) is 0 Å². The van der Waals surface area contributed by atoms with Gasteiger partial charge in [-0.15, -0.1) is 0 Å². The first-order valence-corrected chi connectivity index (χ1v) is 10.9. The second kappa shape index (κ2) is 6.82. The maximum Gasteiger partial charge on any atom is 0.306 e. The molecule has 0 bridgehead atoms. The summed E-state index contributed by atoms with van der Waals surface area (Å²) in [6, 6.07) is 6.91. The summed E-state index contributed by atoms with van der Waals surface area (Å²) in [5.74, 6) is -1.01. The summed E-state index contributed by atoms with van der Waals surface area (Å²) in [6.45, 7) is 0. The fraction of sp³-hybridized carbons (Fsp3) is 0.294. The number of carboxylic acids is 1. The van der Waals surface area contributed by atoms with E-state index in [4.69, 9.17) is 31.2 Å². The van der Waals surface area contributed by atoms with Gasteiger partial charge in [-0.05, 0) is 72.7 Å². The monoisotopic (exact) mass is 386 g/mol. The van der Waals surface area contributed by atoms with Crippen LogP contribution in [0.2, 0.25) is 0 Å². The van der Waals surface area contributed by atoms with E-state index < -0.39 is 14.4 Å². The van der Waals surface area contributed by atoms with Crippen molar-refractivity contribution in [1.29, 1.82) is 0 Å². The van der Waals surface area contributed by atoms with Crippen molar-refractivity contribution in [2.75, 3.05) is 0 Å². The van der Waals surface area contributed by atoms with E-state index in [0.717, 1.165) is 0 Å². The van der Waals surface area contributed by atoms with Crippen LogP contribution in [0.25, 0.3) is 0 Å². The van der Waals surface area contributed by atoms with Crippen LogP contribution < -0.4 is 4.74 Å². The van der Waals surface area contributed by atoms with Gasteiger partial charge in [0, 0.05) is 0 Å². The highest BCUT2D eigenvalue weighted by Crippen LogP contribution is 2.69. The van der Waals surface area contributed by atoms with Gasteiger partial charge in [-0.25, -0.2) is 0 Å². The first-order valence-electron chi connectivity index (χ1n) is 7.52. The van der Waals surface area contributed by atoms with Crippen molar-refractivity contribution < 1.29 is 19.4 Å². The van der Waals surface area contributed by atoms with Crippen molar-refractivity contribution >= 4 is 41.6 Å². The number of halogens is 2. The van der Waals surface area contributed by atoms with Crippen LogP contribution in [0.4, 0.5) is 0 Å². The lowest BCUT2D eigenvalue weighted by Gasteiger charge is -2.21. The van der Waals surface area contributed by atoms with Crippen LogP contribution in [0, 0.1) is 5.92 Å². The molecule has 2 aliphatic rings. The zero-order valence-corrected chi connectivity index (χ0v) is 15.0. The smallest absolute Gasteiger partial charge is 0.306 e. The minimum absolute atomic E-state index is 0.208. The SMILES string of the molecule is O=C(C1=CC=CS1(Cl)Cl)c1ccccc1O[C@@H]1CC[C@@H](C(=O)O)C1. The number of ketones is 1. The molecule has 1 aromatic carbocycles. The Hall–Kier alpha value is -1.43. The molecule has 0 spiro atoms. The zero-order valence-electron chi connectivity index (χ0n) is 12.7. The summed E-state index contributed by atoms with van der Waals surface area (Å²) in [5, 5.41) is 10.7. The molecule has 1 N–H and O–H groups in total. The third kappa shape index (κ3) is 3.48. The highest BCUT2D eigenvalue weighted by molar-refractivity contribution is 8.70. The highest BCUT2D eigenvalue weighted by Gasteiger charge is 2.34. The van der Waals surface area contributed by atoms with Gasteiger partial charge in [0.15, 0.2) is 0 Å². The molecule has 0 aromatic heterocycles. The summed E-state index contributed by atoms with van der Waals surface area (Å²) in [7, 11) is 10.2. The second-order valence-corrected chi connectivity index (χ2v) is 10.9. The van der Waals surface area contributed by atoms with Gasteiger partial charge in [0.2, 0.25) is 5.78 Å². The van der Waals surface area contributed by atoms with E-state index >= 15 is 0 Å². The number of benzene rings is 1. The summed E-state index contributed by atoms with van der Waals surface area (Å²) in [6.07, 6.45) is 4.79. The fourth-order valence-electron chi connectivity index (χ4n) is 2.93. The van der Waals surface area contributed by atoms with Crippen molar-refractivity contribution in [1.82, 2.24) is 0 Å². The fourth-order valence-corrected chi connectivity index (χ4v) is 5.05. The Balaban J connectivity index is 1.79. The number of hydrogen-bond acceptors (Lipinski definition) is 3. The Morgan fingerprint density at radius 1 is 1.21 bits per heavy atom. The van der Waals surface area contributed by atoms with Crippen molar-refractivity contribution in [3.05, 3.63) is 52.3 Å². The topological polar surface area (TPSA) is 63.6 Å². The Labute approximate surface area is 150 Å². The summed E-state index contributed by atoms with van der Waals surface area (Å²) < 4.78 is 5.93. The molecule has 0 radical (unpaired) electrons. The van der Waals surface area contributed by atoms with Crippen LogP contribution in [0.15, 0.2) is 46.7 Å². The standard InChI is InChI=1S/C17H16Cl2O4S/c18-24(19)9-3-6-15(24)16(20)13-4-1-2-5-14(13)23-12-8-7-11(10-12)17(21)22/h1-6,9,11-12H,7-8,10H2,(H,21,22)/t11-,12-/m1/s1. The van der Waals surface area contributed by atoms with Gasteiger partial charge in [-0.1, -0.05) is 18.2 Å². The van der Waals surface area contributed by atoms with E-state index in [2.05, 4.69) is 0 Å². The lowest BCUT2D eigenvalue weighted by Crippen LogP contribution is -2.17. The van der Waals surface area contributed by atoms with E-state index in [1.165, 1.54) is 0 Å². The molecule has 0 saturated heterocycles. The molecular formula is C17H16Cl2O4S. The molecule has 3 rings (SSSR count). The first kappa shape index (κ1) is 17.4. The molecule has 1 heterocycles. The second-order valence-electron chi connectivity index (χ2n) is 5.78. The first-order chi connectivity index (χ1) is 11.4. The number of para-hydroxylation sites is 1. The quantitative estimate of drug-likeness (QED) is 0.721. The predicted molar refractivity (Wildman–Crippen MR) is 96.7 cm³/mol. The Bertz CT molecular complexity index is 742. The molecule has 1 saturated carbocycles. The molecule has 0 unspecified atom stereocenters. The number of rotatable bonds is 5. The number of allylic oxidation sites excluding steroid dienone is 3. The van der Waals surface area contributed by atoms with Crippen molar-refractivity contribution in [2.45, 2.75) is 25.4 Å². The Kier molecular flexibility index (Phi) is 4.95. The molecule has 7 heteroatoms.